The predicted molar refractivity (Wildman–Crippen MR) is 128 cm³/mol. The first kappa shape index (κ1) is 21.5. The van der Waals surface area contributed by atoms with E-state index in [1.54, 1.807) is 11.5 Å². The zero-order chi connectivity index (χ0) is 24.4. The van der Waals surface area contributed by atoms with Gasteiger partial charge in [0, 0.05) is 29.6 Å². The van der Waals surface area contributed by atoms with Crippen molar-refractivity contribution >= 4 is 22.6 Å². The second kappa shape index (κ2) is 7.73. The first-order valence-corrected chi connectivity index (χ1v) is 11.4. The van der Waals surface area contributed by atoms with Gasteiger partial charge in [-0.3, -0.25) is 9.36 Å². The highest BCUT2D eigenvalue weighted by molar-refractivity contribution is 5.94. The van der Waals surface area contributed by atoms with Crippen LogP contribution in [0.5, 0.6) is 0 Å². The van der Waals surface area contributed by atoms with Crippen LogP contribution < -0.4 is 10.9 Å². The molecule has 2 heterocycles. The number of carboxylic acid groups (broad SMARTS) is 1. The molecule has 3 aliphatic rings. The van der Waals surface area contributed by atoms with E-state index < -0.39 is 23.6 Å². The van der Waals surface area contributed by atoms with Crippen LogP contribution in [0.25, 0.3) is 10.9 Å². The Morgan fingerprint density at radius 1 is 1.14 bits per heavy atom. The number of nitrogens with one attached hydrogen (secondary N) is 1. The lowest BCUT2D eigenvalue weighted by Gasteiger charge is -2.21. The molecule has 0 radical (unpaired) electrons. The summed E-state index contributed by atoms with van der Waals surface area (Å²) in [4.78, 5) is 29.9. The van der Waals surface area contributed by atoms with E-state index in [1.807, 2.05) is 0 Å². The lowest BCUT2D eigenvalue weighted by Crippen LogP contribution is -2.24. The molecule has 0 fully saturated rings. The Morgan fingerprint density at radius 3 is 2.57 bits per heavy atom. The molecule has 0 saturated carbocycles. The normalized spacial score (nSPS) is 19.1. The Morgan fingerprint density at radius 2 is 1.89 bits per heavy atom. The summed E-state index contributed by atoms with van der Waals surface area (Å²) >= 11 is 0. The lowest BCUT2D eigenvalue weighted by atomic mass is 9.85. The molecule has 0 spiro atoms. The number of carboxylic acids is 1. The number of benzene rings is 2. The maximum atomic E-state index is 14.7. The Labute approximate surface area is 198 Å². The van der Waals surface area contributed by atoms with E-state index in [2.05, 4.69) is 29.6 Å². The molecule has 6 nitrogen and oxygen atoms in total. The van der Waals surface area contributed by atoms with Crippen LogP contribution in [0.15, 0.2) is 70.6 Å². The maximum absolute atomic E-state index is 14.7. The van der Waals surface area contributed by atoms with E-state index in [0.29, 0.717) is 23.4 Å². The standard InChI is InChI=1S/C27H21F2N3O3/c1-13(30-22-7-6-16(28)10-20(22)27(34)35)19-11-17(29)12-21-24(19)31-25-18(8-9-32(25)26(21)33)23-14-2-3-15(23)5-4-14/h2-7,10-13,18,23,30H,8-9H2,1H3,(H,34,35). The lowest BCUT2D eigenvalue weighted by molar-refractivity contribution is 0.0697. The topological polar surface area (TPSA) is 84.2 Å². The molecule has 176 valence electrons. The SMILES string of the molecule is CC(Nc1ccc(F)cc1C(=O)O)c1cc(F)cc2c(=O)n3c(nc12)C(C1C2=CC=C1C=C2)CC3. The summed E-state index contributed by atoms with van der Waals surface area (Å²) in [5.74, 6) is -1.65. The molecule has 8 heteroatoms. The van der Waals surface area contributed by atoms with E-state index in [9.17, 15) is 23.5 Å². The van der Waals surface area contributed by atoms with E-state index in [4.69, 9.17) is 4.98 Å². The summed E-state index contributed by atoms with van der Waals surface area (Å²) in [5, 5.41) is 12.7. The molecular weight excluding hydrogens is 452 g/mol. The van der Waals surface area contributed by atoms with Crippen LogP contribution in [-0.2, 0) is 6.54 Å². The number of hydrogen-bond donors (Lipinski definition) is 2. The zero-order valence-electron chi connectivity index (χ0n) is 18.8. The molecule has 2 aliphatic carbocycles. The van der Waals surface area contributed by atoms with Gasteiger partial charge in [-0.15, -0.1) is 0 Å². The van der Waals surface area contributed by atoms with Gasteiger partial charge in [0.25, 0.3) is 5.56 Å². The van der Waals surface area contributed by atoms with Gasteiger partial charge in [0.05, 0.1) is 22.5 Å². The van der Waals surface area contributed by atoms with Gasteiger partial charge in [-0.05, 0) is 54.8 Å². The Hall–Kier alpha value is -4.07. The third-order valence-corrected chi connectivity index (χ3v) is 7.19. The summed E-state index contributed by atoms with van der Waals surface area (Å²) in [6.45, 7) is 2.25. The molecule has 35 heavy (non-hydrogen) atoms. The first-order valence-electron chi connectivity index (χ1n) is 11.4. The van der Waals surface area contributed by atoms with Crippen LogP contribution in [0.1, 0.15) is 47.1 Å². The molecule has 1 aromatic heterocycles. The number of aromatic nitrogens is 2. The molecule has 6 rings (SSSR count). The highest BCUT2D eigenvalue weighted by atomic mass is 19.1. The van der Waals surface area contributed by atoms with Crippen molar-refractivity contribution in [3.63, 3.8) is 0 Å². The molecular formula is C27H21F2N3O3. The van der Waals surface area contributed by atoms with Crippen molar-refractivity contribution in [2.45, 2.75) is 31.8 Å². The summed E-state index contributed by atoms with van der Waals surface area (Å²) in [6, 6.07) is 5.31. The van der Waals surface area contributed by atoms with Crippen molar-refractivity contribution in [1.82, 2.24) is 9.55 Å². The average molecular weight is 473 g/mol. The van der Waals surface area contributed by atoms with Gasteiger partial charge >= 0.3 is 5.97 Å². The largest absolute Gasteiger partial charge is 0.478 e. The second-order valence-corrected chi connectivity index (χ2v) is 9.22. The van der Waals surface area contributed by atoms with Crippen molar-refractivity contribution in [2.75, 3.05) is 5.32 Å². The van der Waals surface area contributed by atoms with Gasteiger partial charge in [-0.2, -0.15) is 0 Å². The maximum Gasteiger partial charge on any atom is 0.337 e. The van der Waals surface area contributed by atoms with E-state index >= 15 is 0 Å². The highest BCUT2D eigenvalue weighted by Gasteiger charge is 2.39. The number of carbonyl (C=O) groups is 1. The van der Waals surface area contributed by atoms with Gasteiger partial charge in [-0.25, -0.2) is 18.6 Å². The third-order valence-electron chi connectivity index (χ3n) is 7.19. The number of hydrogen-bond acceptors (Lipinski definition) is 4. The van der Waals surface area contributed by atoms with E-state index in [1.165, 1.54) is 29.3 Å². The van der Waals surface area contributed by atoms with Gasteiger partial charge in [0.2, 0.25) is 0 Å². The number of anilines is 1. The van der Waals surface area contributed by atoms with Crippen LogP contribution in [-0.4, -0.2) is 20.6 Å². The minimum Gasteiger partial charge on any atom is -0.478 e. The zero-order valence-corrected chi connectivity index (χ0v) is 18.8. The van der Waals surface area contributed by atoms with Crippen LogP contribution in [0.3, 0.4) is 0 Å². The molecule has 2 unspecified atom stereocenters. The fraction of sp³-hybridized carbons (Fsp3) is 0.222. The van der Waals surface area contributed by atoms with Gasteiger partial charge < -0.3 is 10.4 Å². The van der Waals surface area contributed by atoms with Gasteiger partial charge in [0.1, 0.15) is 17.5 Å². The van der Waals surface area contributed by atoms with E-state index in [0.717, 1.165) is 18.6 Å². The van der Waals surface area contributed by atoms with Crippen LogP contribution in [0.4, 0.5) is 14.5 Å². The van der Waals surface area contributed by atoms with Gasteiger partial charge in [-0.1, -0.05) is 24.3 Å². The smallest absolute Gasteiger partial charge is 0.337 e. The number of halogens is 2. The van der Waals surface area contributed by atoms with Crippen LogP contribution >= 0.6 is 0 Å². The highest BCUT2D eigenvalue weighted by Crippen LogP contribution is 2.47. The van der Waals surface area contributed by atoms with Crippen molar-refractivity contribution in [3.8, 4) is 0 Å². The monoisotopic (exact) mass is 473 g/mol. The fourth-order valence-corrected chi connectivity index (χ4v) is 5.57. The quantitative estimate of drug-likeness (QED) is 0.540. The van der Waals surface area contributed by atoms with Crippen molar-refractivity contribution in [2.24, 2.45) is 5.92 Å². The second-order valence-electron chi connectivity index (χ2n) is 9.22. The first-order chi connectivity index (χ1) is 16.8. The van der Waals surface area contributed by atoms with E-state index in [-0.39, 0.29) is 34.0 Å². The summed E-state index contributed by atoms with van der Waals surface area (Å²) in [5.41, 5.74) is 2.89. The summed E-state index contributed by atoms with van der Waals surface area (Å²) < 4.78 is 29.9. The van der Waals surface area contributed by atoms with Crippen LogP contribution in [0, 0.1) is 17.6 Å². The minimum absolute atomic E-state index is 0.0407. The fourth-order valence-electron chi connectivity index (χ4n) is 5.57. The number of allylic oxidation sites excluding steroid dienone is 6. The van der Waals surface area contributed by atoms with Crippen molar-refractivity contribution < 1.29 is 18.7 Å². The van der Waals surface area contributed by atoms with Crippen LogP contribution in [0.2, 0.25) is 0 Å². The Bertz CT molecular complexity index is 1560. The third kappa shape index (κ3) is 3.31. The Balaban J connectivity index is 1.46. The number of rotatable bonds is 5. The Kier molecular flexibility index (Phi) is 4.74. The number of fused-ring (bicyclic) bond motifs is 4. The van der Waals surface area contributed by atoms with Crippen molar-refractivity contribution in [1.29, 1.82) is 0 Å². The van der Waals surface area contributed by atoms with Gasteiger partial charge in [0.15, 0.2) is 0 Å². The molecule has 2 bridgehead atoms. The molecule has 0 saturated heterocycles. The number of aromatic carboxylic acids is 1. The van der Waals surface area contributed by atoms with Crippen molar-refractivity contribution in [3.05, 3.63) is 105 Å². The predicted octanol–water partition coefficient (Wildman–Crippen LogP) is 5.09. The summed E-state index contributed by atoms with van der Waals surface area (Å²) in [6.07, 6.45) is 9.14. The minimum atomic E-state index is -1.29. The molecule has 1 aliphatic heterocycles. The molecule has 0 amide bonds. The molecule has 2 N–H and O–H groups in total. The average Bonchev–Trinajstić information content (AvgIpc) is 3.54. The molecule has 2 aromatic carbocycles. The number of nitrogens with zero attached hydrogens (tertiary/aromatic N) is 2. The summed E-state index contributed by atoms with van der Waals surface area (Å²) in [7, 11) is 0. The molecule has 3 aromatic rings. The molecule has 2 atom stereocenters.